The first-order valence-electron chi connectivity index (χ1n) is 4.47. The molecular formula is C9H21ClN2O2. The summed E-state index contributed by atoms with van der Waals surface area (Å²) in [4.78, 5) is 11.2. The molecule has 0 fully saturated rings. The van der Waals surface area contributed by atoms with E-state index in [0.717, 1.165) is 0 Å². The fraction of sp³-hybridized carbons (Fsp3) is 0.889. The highest BCUT2D eigenvalue weighted by molar-refractivity contribution is 5.85. The lowest BCUT2D eigenvalue weighted by molar-refractivity contribution is 0.0503. The molecule has 3 N–H and O–H groups in total. The smallest absolute Gasteiger partial charge is 0.407 e. The minimum atomic E-state index is -0.457. The molecule has 0 rings (SSSR count). The van der Waals surface area contributed by atoms with E-state index < -0.39 is 11.7 Å². The van der Waals surface area contributed by atoms with Crippen LogP contribution in [0.25, 0.3) is 0 Å². The maximum absolute atomic E-state index is 11.2. The lowest BCUT2D eigenvalue weighted by atomic mass is 10.2. The summed E-state index contributed by atoms with van der Waals surface area (Å²) in [5, 5.41) is 2.65. The summed E-state index contributed by atoms with van der Waals surface area (Å²) in [5.41, 5.74) is 5.12. The molecule has 1 amide bonds. The molecule has 2 atom stereocenters. The van der Waals surface area contributed by atoms with E-state index in [4.69, 9.17) is 10.5 Å². The average molecular weight is 225 g/mol. The van der Waals surface area contributed by atoms with Crippen LogP contribution in [0.1, 0.15) is 34.6 Å². The molecule has 5 heteroatoms. The van der Waals surface area contributed by atoms with Crippen LogP contribution in [-0.2, 0) is 4.74 Å². The molecular weight excluding hydrogens is 204 g/mol. The van der Waals surface area contributed by atoms with Crippen molar-refractivity contribution in [1.82, 2.24) is 5.32 Å². The van der Waals surface area contributed by atoms with Crippen LogP contribution in [0, 0.1) is 0 Å². The van der Waals surface area contributed by atoms with E-state index in [1.165, 1.54) is 0 Å². The molecule has 4 nitrogen and oxygen atoms in total. The van der Waals surface area contributed by atoms with Crippen LogP contribution < -0.4 is 11.1 Å². The fourth-order valence-corrected chi connectivity index (χ4v) is 0.625. The number of carbonyl (C=O) groups excluding carboxylic acids is 1. The minimum absolute atomic E-state index is 0. The number of nitrogens with two attached hydrogens (primary N) is 1. The number of halogens is 1. The van der Waals surface area contributed by atoms with Crippen molar-refractivity contribution in [1.29, 1.82) is 0 Å². The maximum Gasteiger partial charge on any atom is 0.407 e. The molecule has 0 radical (unpaired) electrons. The zero-order chi connectivity index (χ0) is 10.6. The van der Waals surface area contributed by atoms with Gasteiger partial charge in [-0.05, 0) is 34.6 Å². The van der Waals surface area contributed by atoms with Crippen LogP contribution in [0.2, 0.25) is 0 Å². The average Bonchev–Trinajstić information content (AvgIpc) is 1.81. The van der Waals surface area contributed by atoms with Gasteiger partial charge in [-0.1, -0.05) is 0 Å². The van der Waals surface area contributed by atoms with Crippen LogP contribution in [0.5, 0.6) is 0 Å². The molecule has 14 heavy (non-hydrogen) atoms. The number of alkyl carbamates (subject to hydrolysis) is 1. The number of hydrogen-bond acceptors (Lipinski definition) is 3. The fourth-order valence-electron chi connectivity index (χ4n) is 0.625. The van der Waals surface area contributed by atoms with Crippen molar-refractivity contribution in [2.24, 2.45) is 5.73 Å². The number of carbonyl (C=O) groups is 1. The molecule has 0 aromatic rings. The Morgan fingerprint density at radius 1 is 1.36 bits per heavy atom. The first kappa shape index (κ1) is 16.0. The first-order valence-corrected chi connectivity index (χ1v) is 4.47. The van der Waals surface area contributed by atoms with Crippen molar-refractivity contribution in [2.45, 2.75) is 52.3 Å². The summed E-state index contributed by atoms with van der Waals surface area (Å²) >= 11 is 0. The van der Waals surface area contributed by atoms with Gasteiger partial charge < -0.3 is 15.8 Å². The van der Waals surface area contributed by atoms with E-state index in [1.807, 2.05) is 34.6 Å². The van der Waals surface area contributed by atoms with Gasteiger partial charge in [0.15, 0.2) is 0 Å². The third-order valence-corrected chi connectivity index (χ3v) is 1.53. The number of nitrogens with one attached hydrogen (secondary N) is 1. The normalized spacial score (nSPS) is 15.0. The quantitative estimate of drug-likeness (QED) is 0.750. The summed E-state index contributed by atoms with van der Waals surface area (Å²) in [7, 11) is 0. The Morgan fingerprint density at radius 3 is 2.07 bits per heavy atom. The van der Waals surface area contributed by atoms with Gasteiger partial charge in [0.1, 0.15) is 5.60 Å². The van der Waals surface area contributed by atoms with E-state index in [2.05, 4.69) is 5.32 Å². The van der Waals surface area contributed by atoms with Crippen LogP contribution in [0.4, 0.5) is 4.79 Å². The van der Waals surface area contributed by atoms with Gasteiger partial charge in [-0.3, -0.25) is 0 Å². The van der Waals surface area contributed by atoms with Crippen molar-refractivity contribution in [3.63, 3.8) is 0 Å². The second-order valence-corrected chi connectivity index (χ2v) is 4.29. The first-order chi connectivity index (χ1) is 5.72. The van der Waals surface area contributed by atoms with Gasteiger partial charge in [0.25, 0.3) is 0 Å². The number of hydrogen-bond donors (Lipinski definition) is 2. The summed E-state index contributed by atoms with van der Waals surface area (Å²) in [5.74, 6) is 0. The topological polar surface area (TPSA) is 64.3 Å². The van der Waals surface area contributed by atoms with Gasteiger partial charge in [0.2, 0.25) is 0 Å². The van der Waals surface area contributed by atoms with Gasteiger partial charge in [-0.15, -0.1) is 12.4 Å². The number of amides is 1. The Morgan fingerprint density at radius 2 is 1.79 bits per heavy atom. The molecule has 0 heterocycles. The van der Waals surface area contributed by atoms with Crippen LogP contribution >= 0.6 is 12.4 Å². The summed E-state index contributed by atoms with van der Waals surface area (Å²) in [6.07, 6.45) is -0.419. The van der Waals surface area contributed by atoms with E-state index in [0.29, 0.717) is 0 Å². The highest BCUT2D eigenvalue weighted by Crippen LogP contribution is 2.06. The SMILES string of the molecule is CC(N)C(C)NC(=O)OC(C)(C)C.Cl. The molecule has 0 spiro atoms. The Labute approximate surface area is 92.0 Å². The molecule has 2 unspecified atom stereocenters. The van der Waals surface area contributed by atoms with Gasteiger partial charge in [0.05, 0.1) is 0 Å². The monoisotopic (exact) mass is 224 g/mol. The second kappa shape index (κ2) is 6.09. The van der Waals surface area contributed by atoms with E-state index >= 15 is 0 Å². The summed E-state index contributed by atoms with van der Waals surface area (Å²) in [6.45, 7) is 9.14. The lowest BCUT2D eigenvalue weighted by Crippen LogP contribution is -2.45. The van der Waals surface area contributed by atoms with Crippen molar-refractivity contribution in [3.05, 3.63) is 0 Å². The molecule has 0 aliphatic rings. The lowest BCUT2D eigenvalue weighted by Gasteiger charge is -2.23. The number of ether oxygens (including phenoxy) is 1. The Hall–Kier alpha value is -0.480. The Bertz CT molecular complexity index is 178. The molecule has 0 bridgehead atoms. The van der Waals surface area contributed by atoms with E-state index in [9.17, 15) is 4.79 Å². The Kier molecular flexibility index (Phi) is 6.94. The summed E-state index contributed by atoms with van der Waals surface area (Å²) in [6, 6.07) is -0.151. The molecule has 0 aromatic heterocycles. The van der Waals surface area contributed by atoms with Gasteiger partial charge in [-0.25, -0.2) is 4.79 Å². The van der Waals surface area contributed by atoms with Crippen molar-refractivity contribution >= 4 is 18.5 Å². The van der Waals surface area contributed by atoms with Crippen LogP contribution in [0.15, 0.2) is 0 Å². The van der Waals surface area contributed by atoms with Crippen molar-refractivity contribution in [2.75, 3.05) is 0 Å². The summed E-state index contributed by atoms with van der Waals surface area (Å²) < 4.78 is 5.05. The second-order valence-electron chi connectivity index (χ2n) is 4.29. The van der Waals surface area contributed by atoms with E-state index in [-0.39, 0.29) is 24.5 Å². The molecule has 0 saturated carbocycles. The highest BCUT2D eigenvalue weighted by Gasteiger charge is 2.18. The van der Waals surface area contributed by atoms with Gasteiger partial charge in [0, 0.05) is 12.1 Å². The van der Waals surface area contributed by atoms with Crippen molar-refractivity contribution in [3.8, 4) is 0 Å². The predicted molar refractivity (Wildman–Crippen MR) is 59.7 cm³/mol. The number of rotatable bonds is 2. The predicted octanol–water partition coefficient (Wildman–Crippen LogP) is 1.67. The van der Waals surface area contributed by atoms with Crippen LogP contribution in [0.3, 0.4) is 0 Å². The zero-order valence-corrected chi connectivity index (χ0v) is 10.3. The standard InChI is InChI=1S/C9H20N2O2.ClH/c1-6(10)7(2)11-8(12)13-9(3,4)5;/h6-7H,10H2,1-5H3,(H,11,12);1H. The minimum Gasteiger partial charge on any atom is -0.444 e. The molecule has 86 valence electrons. The van der Waals surface area contributed by atoms with Crippen molar-refractivity contribution < 1.29 is 9.53 Å². The zero-order valence-electron chi connectivity index (χ0n) is 9.46. The maximum atomic E-state index is 11.2. The van der Waals surface area contributed by atoms with E-state index in [1.54, 1.807) is 0 Å². The largest absolute Gasteiger partial charge is 0.444 e. The Balaban J connectivity index is 0. The molecule has 0 aromatic carbocycles. The third-order valence-electron chi connectivity index (χ3n) is 1.53. The molecule has 0 aliphatic carbocycles. The van der Waals surface area contributed by atoms with Gasteiger partial charge >= 0.3 is 6.09 Å². The molecule has 0 aliphatic heterocycles. The highest BCUT2D eigenvalue weighted by atomic mass is 35.5. The molecule has 0 saturated heterocycles. The van der Waals surface area contributed by atoms with Gasteiger partial charge in [-0.2, -0.15) is 0 Å². The third kappa shape index (κ3) is 8.13. The van der Waals surface area contributed by atoms with Crippen LogP contribution in [-0.4, -0.2) is 23.8 Å².